The SMILES string of the molecule is CCOc1cc2ncc(C#N)c(Nc3cccc(Cl)c3)c2cc1NC(C)=O. The molecule has 0 atom stereocenters. The lowest BCUT2D eigenvalue weighted by Gasteiger charge is -2.16. The number of nitrogens with zero attached hydrogens (tertiary/aromatic N) is 2. The molecule has 3 aromatic rings. The zero-order valence-electron chi connectivity index (χ0n) is 14.8. The molecule has 0 fully saturated rings. The fraction of sp³-hybridized carbons (Fsp3) is 0.150. The van der Waals surface area contributed by atoms with Gasteiger partial charge >= 0.3 is 0 Å². The fourth-order valence-electron chi connectivity index (χ4n) is 2.71. The Morgan fingerprint density at radius 1 is 1.33 bits per heavy atom. The number of rotatable bonds is 5. The van der Waals surface area contributed by atoms with Gasteiger partial charge in [0.2, 0.25) is 5.91 Å². The number of aromatic nitrogens is 1. The number of carbonyl (C=O) groups excluding carboxylic acids is 1. The van der Waals surface area contributed by atoms with Crippen molar-refractivity contribution < 1.29 is 9.53 Å². The van der Waals surface area contributed by atoms with Crippen molar-refractivity contribution in [1.82, 2.24) is 4.98 Å². The molecule has 0 aliphatic carbocycles. The van der Waals surface area contributed by atoms with Crippen LogP contribution in [0.15, 0.2) is 42.6 Å². The summed E-state index contributed by atoms with van der Waals surface area (Å²) in [4.78, 5) is 15.9. The van der Waals surface area contributed by atoms with Gasteiger partial charge in [-0.05, 0) is 31.2 Å². The highest BCUT2D eigenvalue weighted by Gasteiger charge is 2.14. The third kappa shape index (κ3) is 4.10. The predicted molar refractivity (Wildman–Crippen MR) is 107 cm³/mol. The molecule has 1 heterocycles. The first-order valence-electron chi connectivity index (χ1n) is 8.31. The van der Waals surface area contributed by atoms with Gasteiger partial charge in [-0.15, -0.1) is 0 Å². The number of fused-ring (bicyclic) bond motifs is 1. The van der Waals surface area contributed by atoms with Crippen LogP contribution in [0, 0.1) is 11.3 Å². The molecule has 0 radical (unpaired) electrons. The van der Waals surface area contributed by atoms with Gasteiger partial charge in [0.05, 0.1) is 29.1 Å². The number of nitrogens with one attached hydrogen (secondary N) is 2. The van der Waals surface area contributed by atoms with Crippen molar-refractivity contribution in [2.24, 2.45) is 0 Å². The van der Waals surface area contributed by atoms with Crippen molar-refractivity contribution in [3.05, 3.63) is 53.2 Å². The largest absolute Gasteiger partial charge is 0.492 e. The number of benzene rings is 2. The minimum atomic E-state index is -0.218. The maximum Gasteiger partial charge on any atom is 0.221 e. The van der Waals surface area contributed by atoms with Gasteiger partial charge in [-0.1, -0.05) is 17.7 Å². The summed E-state index contributed by atoms with van der Waals surface area (Å²) in [5.41, 5.74) is 2.85. The first kappa shape index (κ1) is 18.5. The van der Waals surface area contributed by atoms with E-state index in [1.807, 2.05) is 19.1 Å². The average molecular weight is 381 g/mol. The van der Waals surface area contributed by atoms with Crippen molar-refractivity contribution >= 4 is 45.5 Å². The molecular formula is C20H17ClN4O2. The van der Waals surface area contributed by atoms with E-state index in [1.165, 1.54) is 13.1 Å². The van der Waals surface area contributed by atoms with Crippen molar-refractivity contribution in [2.45, 2.75) is 13.8 Å². The smallest absolute Gasteiger partial charge is 0.221 e. The Hall–Kier alpha value is -3.30. The van der Waals surface area contributed by atoms with Crippen molar-refractivity contribution in [3.8, 4) is 11.8 Å². The summed E-state index contributed by atoms with van der Waals surface area (Å²) in [6, 6.07) is 12.8. The summed E-state index contributed by atoms with van der Waals surface area (Å²) in [5, 5.41) is 16.8. The molecule has 3 rings (SSSR count). The maximum atomic E-state index is 11.6. The number of hydrogen-bond donors (Lipinski definition) is 2. The highest BCUT2D eigenvalue weighted by molar-refractivity contribution is 6.30. The molecule has 0 aliphatic rings. The molecule has 1 aromatic heterocycles. The van der Waals surface area contributed by atoms with E-state index in [4.69, 9.17) is 16.3 Å². The Kier molecular flexibility index (Phi) is 5.43. The van der Waals surface area contributed by atoms with E-state index in [1.54, 1.807) is 24.3 Å². The van der Waals surface area contributed by atoms with E-state index in [2.05, 4.69) is 21.7 Å². The van der Waals surface area contributed by atoms with Crippen LogP contribution < -0.4 is 15.4 Å². The zero-order valence-corrected chi connectivity index (χ0v) is 15.6. The summed E-state index contributed by atoms with van der Waals surface area (Å²) in [5.74, 6) is 0.301. The van der Waals surface area contributed by atoms with Gasteiger partial charge in [0, 0.05) is 35.3 Å². The zero-order chi connectivity index (χ0) is 19.4. The van der Waals surface area contributed by atoms with E-state index in [-0.39, 0.29) is 5.91 Å². The quantitative estimate of drug-likeness (QED) is 0.660. The number of halogens is 1. The highest BCUT2D eigenvalue weighted by atomic mass is 35.5. The summed E-state index contributed by atoms with van der Waals surface area (Å²) in [6.45, 7) is 3.73. The van der Waals surface area contributed by atoms with Crippen molar-refractivity contribution in [3.63, 3.8) is 0 Å². The van der Waals surface area contributed by atoms with Gasteiger partial charge in [-0.2, -0.15) is 5.26 Å². The predicted octanol–water partition coefficient (Wildman–Crippen LogP) is 4.86. The Labute approximate surface area is 161 Å². The second-order valence-electron chi connectivity index (χ2n) is 5.77. The molecule has 0 spiro atoms. The fourth-order valence-corrected chi connectivity index (χ4v) is 2.90. The molecule has 27 heavy (non-hydrogen) atoms. The number of hydrogen-bond acceptors (Lipinski definition) is 5. The van der Waals surface area contributed by atoms with E-state index < -0.39 is 0 Å². The molecule has 0 unspecified atom stereocenters. The van der Waals surface area contributed by atoms with Crippen LogP contribution >= 0.6 is 11.6 Å². The first-order valence-corrected chi connectivity index (χ1v) is 8.69. The molecule has 6 nitrogen and oxygen atoms in total. The lowest BCUT2D eigenvalue weighted by atomic mass is 10.1. The maximum absolute atomic E-state index is 11.6. The minimum Gasteiger partial charge on any atom is -0.492 e. The lowest BCUT2D eigenvalue weighted by Crippen LogP contribution is -2.08. The van der Waals surface area contributed by atoms with E-state index in [0.717, 1.165) is 5.69 Å². The third-order valence-electron chi connectivity index (χ3n) is 3.79. The number of nitriles is 1. The molecule has 2 N–H and O–H groups in total. The van der Waals surface area contributed by atoms with Crippen molar-refractivity contribution in [1.29, 1.82) is 5.26 Å². The standard InChI is InChI=1S/C20H17ClN4O2/c1-3-27-19-9-17-16(8-18(19)24-12(2)26)20(13(10-22)11-23-17)25-15-6-4-5-14(21)7-15/h4-9,11H,3H2,1-2H3,(H,23,25)(H,24,26). The van der Waals surface area contributed by atoms with Crippen LogP contribution in [0.1, 0.15) is 19.4 Å². The number of ether oxygens (including phenoxy) is 1. The number of carbonyl (C=O) groups is 1. The number of amides is 1. The molecule has 7 heteroatoms. The normalized spacial score (nSPS) is 10.3. The lowest BCUT2D eigenvalue weighted by molar-refractivity contribution is -0.114. The molecular weight excluding hydrogens is 364 g/mol. The summed E-state index contributed by atoms with van der Waals surface area (Å²) >= 11 is 6.06. The van der Waals surface area contributed by atoms with Gasteiger partial charge in [0.25, 0.3) is 0 Å². The second kappa shape index (κ2) is 7.94. The van der Waals surface area contributed by atoms with E-state index >= 15 is 0 Å². The summed E-state index contributed by atoms with van der Waals surface area (Å²) < 4.78 is 5.62. The molecule has 0 saturated heterocycles. The van der Waals surface area contributed by atoms with Gasteiger partial charge in [0.15, 0.2) is 0 Å². The molecule has 1 amide bonds. The monoisotopic (exact) mass is 380 g/mol. The highest BCUT2D eigenvalue weighted by Crippen LogP contribution is 2.36. The van der Waals surface area contributed by atoms with E-state index in [0.29, 0.717) is 45.2 Å². The van der Waals surface area contributed by atoms with Gasteiger partial charge in [-0.3, -0.25) is 9.78 Å². The van der Waals surface area contributed by atoms with Crippen molar-refractivity contribution in [2.75, 3.05) is 17.2 Å². The topological polar surface area (TPSA) is 87.0 Å². The second-order valence-corrected chi connectivity index (χ2v) is 6.21. The van der Waals surface area contributed by atoms with Crippen LogP contribution in [0.3, 0.4) is 0 Å². The van der Waals surface area contributed by atoms with Gasteiger partial charge in [0.1, 0.15) is 11.8 Å². The average Bonchev–Trinajstić information content (AvgIpc) is 2.62. The summed E-state index contributed by atoms with van der Waals surface area (Å²) in [7, 11) is 0. The Morgan fingerprint density at radius 3 is 2.81 bits per heavy atom. The Morgan fingerprint density at radius 2 is 2.15 bits per heavy atom. The molecule has 136 valence electrons. The summed E-state index contributed by atoms with van der Waals surface area (Å²) in [6.07, 6.45) is 1.50. The first-order chi connectivity index (χ1) is 13.0. The minimum absolute atomic E-state index is 0.218. The molecule has 0 bridgehead atoms. The van der Waals surface area contributed by atoms with Crippen LogP contribution in [0.25, 0.3) is 10.9 Å². The number of pyridine rings is 1. The van der Waals surface area contributed by atoms with Crippen LogP contribution in [-0.2, 0) is 4.79 Å². The van der Waals surface area contributed by atoms with Crippen LogP contribution in [-0.4, -0.2) is 17.5 Å². The molecule has 0 saturated carbocycles. The Balaban J connectivity index is 2.20. The molecule has 2 aromatic carbocycles. The van der Waals surface area contributed by atoms with Crippen LogP contribution in [0.4, 0.5) is 17.1 Å². The van der Waals surface area contributed by atoms with Gasteiger partial charge in [-0.25, -0.2) is 0 Å². The third-order valence-corrected chi connectivity index (χ3v) is 4.03. The van der Waals surface area contributed by atoms with Gasteiger partial charge < -0.3 is 15.4 Å². The number of anilines is 3. The van der Waals surface area contributed by atoms with Crippen LogP contribution in [0.5, 0.6) is 5.75 Å². The Bertz CT molecular complexity index is 1060. The van der Waals surface area contributed by atoms with Crippen LogP contribution in [0.2, 0.25) is 5.02 Å². The molecule has 0 aliphatic heterocycles. The van der Waals surface area contributed by atoms with E-state index in [9.17, 15) is 10.1 Å².